The van der Waals surface area contributed by atoms with Crippen molar-refractivity contribution < 1.29 is 9.53 Å². The van der Waals surface area contributed by atoms with Crippen molar-refractivity contribution in [3.05, 3.63) is 72.6 Å². The molecule has 0 bridgehead atoms. The van der Waals surface area contributed by atoms with Gasteiger partial charge in [-0.05, 0) is 24.3 Å². The van der Waals surface area contributed by atoms with Gasteiger partial charge < -0.3 is 9.64 Å². The van der Waals surface area contributed by atoms with Gasteiger partial charge in [0.25, 0.3) is 5.91 Å². The SMILES string of the molecule is O=C(c1ccccc1-n1ccnn1)N1CCC(Oc2ccccc2)CC1. The maximum atomic E-state index is 13.0. The Morgan fingerprint density at radius 2 is 1.73 bits per heavy atom. The van der Waals surface area contributed by atoms with Crippen LogP contribution in [0.1, 0.15) is 23.2 Å². The van der Waals surface area contributed by atoms with E-state index in [0.717, 1.165) is 24.3 Å². The van der Waals surface area contributed by atoms with Gasteiger partial charge in [0.15, 0.2) is 0 Å². The van der Waals surface area contributed by atoms with Crippen LogP contribution in [0.2, 0.25) is 0 Å². The molecule has 3 aromatic rings. The molecule has 0 atom stereocenters. The zero-order valence-corrected chi connectivity index (χ0v) is 14.4. The monoisotopic (exact) mass is 348 g/mol. The molecular formula is C20H20N4O2. The molecule has 1 fully saturated rings. The first-order chi connectivity index (χ1) is 12.8. The minimum Gasteiger partial charge on any atom is -0.490 e. The smallest absolute Gasteiger partial charge is 0.256 e. The number of para-hydroxylation sites is 2. The fraction of sp³-hybridized carbons (Fsp3) is 0.250. The van der Waals surface area contributed by atoms with E-state index in [9.17, 15) is 4.79 Å². The highest BCUT2D eigenvalue weighted by atomic mass is 16.5. The summed E-state index contributed by atoms with van der Waals surface area (Å²) in [5.74, 6) is 0.906. The Bertz CT molecular complexity index is 857. The number of rotatable bonds is 4. The third-order valence-corrected chi connectivity index (χ3v) is 4.58. The molecular weight excluding hydrogens is 328 g/mol. The van der Waals surface area contributed by atoms with Crippen LogP contribution in [0.25, 0.3) is 5.69 Å². The van der Waals surface area contributed by atoms with Gasteiger partial charge in [0.2, 0.25) is 0 Å². The highest BCUT2D eigenvalue weighted by Gasteiger charge is 2.26. The minimum absolute atomic E-state index is 0.0225. The number of ether oxygens (including phenoxy) is 1. The van der Waals surface area contributed by atoms with Gasteiger partial charge in [0.05, 0.1) is 23.6 Å². The molecule has 0 unspecified atom stereocenters. The predicted octanol–water partition coefficient (Wildman–Crippen LogP) is 2.95. The third kappa shape index (κ3) is 3.44. The molecule has 0 saturated carbocycles. The molecule has 0 aliphatic carbocycles. The first kappa shape index (κ1) is 16.3. The molecule has 0 spiro atoms. The van der Waals surface area contributed by atoms with Crippen molar-refractivity contribution in [1.29, 1.82) is 0 Å². The Balaban J connectivity index is 1.43. The van der Waals surface area contributed by atoms with Crippen molar-refractivity contribution in [3.8, 4) is 11.4 Å². The number of carbonyl (C=O) groups excluding carboxylic acids is 1. The lowest BCUT2D eigenvalue weighted by Crippen LogP contribution is -2.42. The lowest BCUT2D eigenvalue weighted by Gasteiger charge is -2.32. The van der Waals surface area contributed by atoms with Crippen molar-refractivity contribution in [2.24, 2.45) is 0 Å². The number of hydrogen-bond donors (Lipinski definition) is 0. The van der Waals surface area contributed by atoms with E-state index in [4.69, 9.17) is 4.74 Å². The average molecular weight is 348 g/mol. The predicted molar refractivity (Wildman–Crippen MR) is 97.4 cm³/mol. The molecule has 1 aliphatic rings. The topological polar surface area (TPSA) is 60.2 Å². The molecule has 0 radical (unpaired) electrons. The van der Waals surface area contributed by atoms with Crippen LogP contribution in [-0.4, -0.2) is 45.0 Å². The van der Waals surface area contributed by atoms with Crippen molar-refractivity contribution in [1.82, 2.24) is 19.9 Å². The van der Waals surface area contributed by atoms with E-state index in [0.29, 0.717) is 18.7 Å². The van der Waals surface area contributed by atoms with E-state index in [1.54, 1.807) is 17.1 Å². The van der Waals surface area contributed by atoms with Crippen LogP contribution in [0.4, 0.5) is 0 Å². The molecule has 1 aliphatic heterocycles. The summed E-state index contributed by atoms with van der Waals surface area (Å²) in [4.78, 5) is 14.9. The number of carbonyl (C=O) groups is 1. The molecule has 132 valence electrons. The molecule has 6 heteroatoms. The van der Waals surface area contributed by atoms with Gasteiger partial charge in [0.1, 0.15) is 11.9 Å². The fourth-order valence-electron chi connectivity index (χ4n) is 3.23. The van der Waals surface area contributed by atoms with Crippen molar-refractivity contribution in [2.75, 3.05) is 13.1 Å². The minimum atomic E-state index is 0.0225. The Morgan fingerprint density at radius 1 is 1.00 bits per heavy atom. The van der Waals surface area contributed by atoms with Crippen LogP contribution in [-0.2, 0) is 0 Å². The maximum Gasteiger partial charge on any atom is 0.256 e. The highest BCUT2D eigenvalue weighted by molar-refractivity contribution is 5.97. The van der Waals surface area contributed by atoms with Crippen molar-refractivity contribution in [3.63, 3.8) is 0 Å². The molecule has 0 N–H and O–H groups in total. The highest BCUT2D eigenvalue weighted by Crippen LogP contribution is 2.22. The summed E-state index contributed by atoms with van der Waals surface area (Å²) in [6, 6.07) is 17.3. The number of amides is 1. The number of nitrogens with zero attached hydrogens (tertiary/aromatic N) is 4. The van der Waals surface area contributed by atoms with Gasteiger partial charge in [-0.25, -0.2) is 4.68 Å². The number of aromatic nitrogens is 3. The second kappa shape index (κ2) is 7.39. The van der Waals surface area contributed by atoms with Crippen LogP contribution in [0.3, 0.4) is 0 Å². The van der Waals surface area contributed by atoms with Gasteiger partial charge in [-0.3, -0.25) is 4.79 Å². The molecule has 1 saturated heterocycles. The summed E-state index contributed by atoms with van der Waals surface area (Å²) in [7, 11) is 0. The Morgan fingerprint density at radius 3 is 2.46 bits per heavy atom. The normalized spacial score (nSPS) is 15.0. The quantitative estimate of drug-likeness (QED) is 0.727. The summed E-state index contributed by atoms with van der Waals surface area (Å²) < 4.78 is 7.63. The zero-order chi connectivity index (χ0) is 17.8. The molecule has 6 nitrogen and oxygen atoms in total. The number of likely N-dealkylation sites (tertiary alicyclic amines) is 1. The van der Waals surface area contributed by atoms with Gasteiger partial charge in [-0.1, -0.05) is 35.5 Å². The first-order valence-corrected chi connectivity index (χ1v) is 8.78. The van der Waals surface area contributed by atoms with E-state index in [1.165, 1.54) is 0 Å². The van der Waals surface area contributed by atoms with Gasteiger partial charge >= 0.3 is 0 Å². The van der Waals surface area contributed by atoms with Crippen LogP contribution < -0.4 is 4.74 Å². The van der Waals surface area contributed by atoms with Crippen molar-refractivity contribution >= 4 is 5.91 Å². The number of benzene rings is 2. The lowest BCUT2D eigenvalue weighted by molar-refractivity contribution is 0.0595. The second-order valence-electron chi connectivity index (χ2n) is 6.29. The van der Waals surface area contributed by atoms with Crippen LogP contribution in [0.15, 0.2) is 67.0 Å². The Hall–Kier alpha value is -3.15. The maximum absolute atomic E-state index is 13.0. The summed E-state index contributed by atoms with van der Waals surface area (Å²) >= 11 is 0. The van der Waals surface area contributed by atoms with E-state index >= 15 is 0 Å². The summed E-state index contributed by atoms with van der Waals surface area (Å²) in [5.41, 5.74) is 1.39. The summed E-state index contributed by atoms with van der Waals surface area (Å²) in [5, 5.41) is 7.84. The van der Waals surface area contributed by atoms with E-state index < -0.39 is 0 Å². The van der Waals surface area contributed by atoms with Crippen molar-refractivity contribution in [2.45, 2.75) is 18.9 Å². The standard InChI is InChI=1S/C20H20N4O2/c25-20(18-8-4-5-9-19(18)24-15-12-21-22-24)23-13-10-17(11-14-23)26-16-6-2-1-3-7-16/h1-9,12,15,17H,10-11,13-14H2. The fourth-order valence-corrected chi connectivity index (χ4v) is 3.23. The molecule has 2 heterocycles. The van der Waals surface area contributed by atoms with E-state index in [2.05, 4.69) is 10.3 Å². The summed E-state index contributed by atoms with van der Waals surface area (Å²) in [6.45, 7) is 1.37. The third-order valence-electron chi connectivity index (χ3n) is 4.58. The van der Waals surface area contributed by atoms with Gasteiger partial charge in [-0.2, -0.15) is 0 Å². The van der Waals surface area contributed by atoms with Crippen LogP contribution in [0.5, 0.6) is 5.75 Å². The van der Waals surface area contributed by atoms with Crippen LogP contribution >= 0.6 is 0 Å². The van der Waals surface area contributed by atoms with E-state index in [1.807, 2.05) is 59.5 Å². The van der Waals surface area contributed by atoms with Gasteiger partial charge in [-0.15, -0.1) is 5.10 Å². The number of piperidine rings is 1. The molecule has 26 heavy (non-hydrogen) atoms. The molecule has 4 rings (SSSR count). The average Bonchev–Trinajstić information content (AvgIpc) is 3.24. The number of hydrogen-bond acceptors (Lipinski definition) is 4. The Labute approximate surface area is 152 Å². The first-order valence-electron chi connectivity index (χ1n) is 8.78. The zero-order valence-electron chi connectivity index (χ0n) is 14.4. The van der Waals surface area contributed by atoms with E-state index in [-0.39, 0.29) is 12.0 Å². The largest absolute Gasteiger partial charge is 0.490 e. The Kier molecular flexibility index (Phi) is 4.64. The molecule has 2 aromatic carbocycles. The molecule has 1 amide bonds. The lowest BCUT2D eigenvalue weighted by atomic mass is 10.1. The van der Waals surface area contributed by atoms with Crippen LogP contribution in [0, 0.1) is 0 Å². The van der Waals surface area contributed by atoms with Gasteiger partial charge in [0, 0.05) is 25.9 Å². The second-order valence-corrected chi connectivity index (χ2v) is 6.29. The summed E-state index contributed by atoms with van der Waals surface area (Å²) in [6.07, 6.45) is 5.14. The molecule has 1 aromatic heterocycles.